The third-order valence-electron chi connectivity index (χ3n) is 2.05. The maximum absolute atomic E-state index is 13.5. The van der Waals surface area contributed by atoms with Crippen LogP contribution in [0.15, 0.2) is 6.20 Å². The van der Waals surface area contributed by atoms with Gasteiger partial charge in [-0.3, -0.25) is 0 Å². The smallest absolute Gasteiger partial charge is 0.197 e. The standard InChI is InChI=1S/C10H16FN/c1-7-6-12(5)9(11)8(7)10(2,3)4/h6H,1-5H3. The summed E-state index contributed by atoms with van der Waals surface area (Å²) in [6, 6.07) is 0. The van der Waals surface area contributed by atoms with E-state index in [1.54, 1.807) is 7.05 Å². The molecular weight excluding hydrogens is 153 g/mol. The first-order valence-corrected chi connectivity index (χ1v) is 4.16. The fourth-order valence-corrected chi connectivity index (χ4v) is 1.65. The minimum atomic E-state index is -0.111. The number of rotatable bonds is 0. The van der Waals surface area contributed by atoms with Gasteiger partial charge in [-0.15, -0.1) is 0 Å². The van der Waals surface area contributed by atoms with Crippen molar-refractivity contribution in [2.75, 3.05) is 0 Å². The summed E-state index contributed by atoms with van der Waals surface area (Å²) in [5, 5.41) is 0. The average molecular weight is 169 g/mol. The first-order valence-electron chi connectivity index (χ1n) is 4.16. The molecule has 1 aromatic rings. The maximum atomic E-state index is 13.5. The lowest BCUT2D eigenvalue weighted by Gasteiger charge is -2.18. The summed E-state index contributed by atoms with van der Waals surface area (Å²) in [5.41, 5.74) is 1.75. The Hall–Kier alpha value is -0.790. The highest BCUT2D eigenvalue weighted by Crippen LogP contribution is 2.28. The molecule has 0 aromatic carbocycles. The van der Waals surface area contributed by atoms with Gasteiger partial charge in [-0.25, -0.2) is 0 Å². The number of hydrogen-bond acceptors (Lipinski definition) is 0. The molecule has 12 heavy (non-hydrogen) atoms. The summed E-state index contributed by atoms with van der Waals surface area (Å²) >= 11 is 0. The molecule has 0 radical (unpaired) electrons. The van der Waals surface area contributed by atoms with E-state index < -0.39 is 0 Å². The van der Waals surface area contributed by atoms with Gasteiger partial charge in [0.15, 0.2) is 5.95 Å². The zero-order valence-electron chi connectivity index (χ0n) is 8.40. The number of nitrogens with zero attached hydrogens (tertiary/aromatic N) is 1. The van der Waals surface area contributed by atoms with Crippen molar-refractivity contribution < 1.29 is 4.39 Å². The van der Waals surface area contributed by atoms with E-state index in [-0.39, 0.29) is 11.4 Å². The number of hydrogen-bond donors (Lipinski definition) is 0. The van der Waals surface area contributed by atoms with Crippen LogP contribution in [-0.4, -0.2) is 4.57 Å². The molecule has 2 heteroatoms. The van der Waals surface area contributed by atoms with E-state index in [1.807, 2.05) is 33.9 Å². The molecule has 1 rings (SSSR count). The molecule has 0 aliphatic rings. The van der Waals surface area contributed by atoms with Crippen LogP contribution in [0.5, 0.6) is 0 Å². The van der Waals surface area contributed by atoms with Crippen LogP contribution in [0.2, 0.25) is 0 Å². The van der Waals surface area contributed by atoms with Gasteiger partial charge in [0.05, 0.1) is 0 Å². The van der Waals surface area contributed by atoms with Gasteiger partial charge >= 0.3 is 0 Å². The van der Waals surface area contributed by atoms with Crippen LogP contribution >= 0.6 is 0 Å². The van der Waals surface area contributed by atoms with Gasteiger partial charge in [0.25, 0.3) is 0 Å². The molecule has 1 heterocycles. The first kappa shape index (κ1) is 9.30. The largest absolute Gasteiger partial charge is 0.327 e. The Labute approximate surface area is 73.2 Å². The van der Waals surface area contributed by atoms with Crippen LogP contribution in [0.3, 0.4) is 0 Å². The van der Waals surface area contributed by atoms with E-state index in [9.17, 15) is 4.39 Å². The Bertz CT molecular complexity index is 292. The predicted octanol–water partition coefficient (Wildman–Crippen LogP) is 2.77. The Morgan fingerprint density at radius 3 is 2.00 bits per heavy atom. The molecule has 0 atom stereocenters. The van der Waals surface area contributed by atoms with Gasteiger partial charge in [-0.1, -0.05) is 20.8 Å². The third kappa shape index (κ3) is 1.38. The van der Waals surface area contributed by atoms with Crippen molar-refractivity contribution in [3.63, 3.8) is 0 Å². The van der Waals surface area contributed by atoms with Crippen molar-refractivity contribution >= 4 is 0 Å². The van der Waals surface area contributed by atoms with E-state index >= 15 is 0 Å². The highest BCUT2D eigenvalue weighted by molar-refractivity contribution is 5.30. The van der Waals surface area contributed by atoms with Crippen LogP contribution in [-0.2, 0) is 12.5 Å². The topological polar surface area (TPSA) is 4.93 Å². The third-order valence-corrected chi connectivity index (χ3v) is 2.05. The molecule has 0 saturated carbocycles. The second-order valence-electron chi connectivity index (χ2n) is 4.34. The lowest BCUT2D eigenvalue weighted by atomic mass is 9.86. The van der Waals surface area contributed by atoms with E-state index in [0.717, 1.165) is 11.1 Å². The van der Waals surface area contributed by atoms with Gasteiger partial charge in [0.1, 0.15) is 0 Å². The minimum Gasteiger partial charge on any atom is -0.327 e. The number of aromatic nitrogens is 1. The van der Waals surface area contributed by atoms with Crippen molar-refractivity contribution in [3.05, 3.63) is 23.3 Å². The van der Waals surface area contributed by atoms with E-state index in [0.29, 0.717) is 0 Å². The molecule has 0 spiro atoms. The average Bonchev–Trinajstić information content (AvgIpc) is 2.05. The Balaban J connectivity index is 3.32. The molecule has 0 fully saturated rings. The summed E-state index contributed by atoms with van der Waals surface area (Å²) in [5.74, 6) is -0.111. The maximum Gasteiger partial charge on any atom is 0.197 e. The van der Waals surface area contributed by atoms with Crippen LogP contribution in [0.4, 0.5) is 4.39 Å². The molecule has 0 saturated heterocycles. The van der Waals surface area contributed by atoms with E-state index in [1.165, 1.54) is 4.57 Å². The van der Waals surface area contributed by atoms with Gasteiger partial charge in [0.2, 0.25) is 0 Å². The molecule has 0 aliphatic carbocycles. The summed E-state index contributed by atoms with van der Waals surface area (Å²) in [6.45, 7) is 8.03. The summed E-state index contributed by atoms with van der Waals surface area (Å²) in [7, 11) is 1.73. The normalized spacial score (nSPS) is 12.2. The minimum absolute atomic E-state index is 0.102. The second-order valence-corrected chi connectivity index (χ2v) is 4.34. The summed E-state index contributed by atoms with van der Waals surface area (Å²) < 4.78 is 15.0. The molecule has 1 nitrogen and oxygen atoms in total. The lowest BCUT2D eigenvalue weighted by molar-refractivity contribution is 0.478. The Morgan fingerprint density at radius 2 is 1.83 bits per heavy atom. The van der Waals surface area contributed by atoms with Crippen molar-refractivity contribution in [2.24, 2.45) is 7.05 Å². The fraction of sp³-hybridized carbons (Fsp3) is 0.600. The Kier molecular flexibility index (Phi) is 2.02. The molecule has 0 bridgehead atoms. The van der Waals surface area contributed by atoms with E-state index in [2.05, 4.69) is 0 Å². The molecule has 0 unspecified atom stereocenters. The van der Waals surface area contributed by atoms with Crippen LogP contribution < -0.4 is 0 Å². The monoisotopic (exact) mass is 169 g/mol. The zero-order chi connectivity index (χ0) is 9.52. The van der Waals surface area contributed by atoms with Gasteiger partial charge in [-0.2, -0.15) is 4.39 Å². The number of aryl methyl sites for hydroxylation is 2. The molecule has 68 valence electrons. The fourth-order valence-electron chi connectivity index (χ4n) is 1.65. The highest BCUT2D eigenvalue weighted by atomic mass is 19.1. The van der Waals surface area contributed by atoms with Crippen molar-refractivity contribution in [2.45, 2.75) is 33.1 Å². The predicted molar refractivity (Wildman–Crippen MR) is 48.8 cm³/mol. The quantitative estimate of drug-likeness (QED) is 0.562. The Morgan fingerprint density at radius 1 is 1.33 bits per heavy atom. The van der Waals surface area contributed by atoms with Crippen molar-refractivity contribution in [1.82, 2.24) is 4.57 Å². The molecule has 0 aliphatic heterocycles. The van der Waals surface area contributed by atoms with Crippen LogP contribution in [0, 0.1) is 12.9 Å². The SMILES string of the molecule is Cc1cn(C)c(F)c1C(C)(C)C. The van der Waals surface area contributed by atoms with E-state index in [4.69, 9.17) is 0 Å². The zero-order valence-corrected chi connectivity index (χ0v) is 8.40. The van der Waals surface area contributed by atoms with Gasteiger partial charge in [-0.05, 0) is 17.9 Å². The summed E-state index contributed by atoms with van der Waals surface area (Å²) in [4.78, 5) is 0. The van der Waals surface area contributed by atoms with Crippen LogP contribution in [0.25, 0.3) is 0 Å². The first-order chi connectivity index (χ1) is 5.34. The number of halogens is 1. The van der Waals surface area contributed by atoms with Gasteiger partial charge < -0.3 is 4.57 Å². The van der Waals surface area contributed by atoms with Gasteiger partial charge in [0, 0.05) is 18.8 Å². The van der Waals surface area contributed by atoms with Crippen LogP contribution in [0.1, 0.15) is 31.9 Å². The molecule has 0 amide bonds. The van der Waals surface area contributed by atoms with Crippen molar-refractivity contribution in [3.8, 4) is 0 Å². The molecular formula is C10H16FN. The second kappa shape index (κ2) is 2.61. The lowest BCUT2D eigenvalue weighted by Crippen LogP contribution is -2.14. The van der Waals surface area contributed by atoms with Crippen molar-refractivity contribution in [1.29, 1.82) is 0 Å². The molecule has 0 N–H and O–H groups in total. The molecule has 1 aromatic heterocycles. The highest BCUT2D eigenvalue weighted by Gasteiger charge is 2.23. The summed E-state index contributed by atoms with van der Waals surface area (Å²) in [6.07, 6.45) is 1.83.